The number of fused-ring (bicyclic) bond motifs is 1. The molecule has 1 N–H and O–H groups in total. The molecule has 4 heterocycles. The van der Waals surface area contributed by atoms with Crippen molar-refractivity contribution in [1.29, 1.82) is 0 Å². The first kappa shape index (κ1) is 44.2. The van der Waals surface area contributed by atoms with Gasteiger partial charge < -0.3 is 33.2 Å². The van der Waals surface area contributed by atoms with Gasteiger partial charge in [-0.05, 0) is 71.2 Å². The molecule has 1 amide bonds. The minimum absolute atomic E-state index is 0.119. The van der Waals surface area contributed by atoms with Crippen LogP contribution in [0.5, 0.6) is 11.5 Å². The van der Waals surface area contributed by atoms with Crippen LogP contribution in [0.25, 0.3) is 11.2 Å². The van der Waals surface area contributed by atoms with Crippen molar-refractivity contribution >= 4 is 59.9 Å². The molecule has 2 saturated heterocycles. The van der Waals surface area contributed by atoms with Crippen molar-refractivity contribution in [3.8, 4) is 11.5 Å². The van der Waals surface area contributed by atoms with Crippen molar-refractivity contribution in [3.63, 3.8) is 0 Å². The molecule has 62 heavy (non-hydrogen) atoms. The van der Waals surface area contributed by atoms with Crippen molar-refractivity contribution in [2.45, 2.75) is 68.6 Å². The van der Waals surface area contributed by atoms with E-state index in [2.05, 4.69) is 56.3 Å². The molecule has 5 atom stereocenters. The number of hydrogen-bond acceptors (Lipinski definition) is 12. The molecule has 16 heteroatoms. The fourth-order valence-electron chi connectivity index (χ4n) is 7.83. The summed E-state index contributed by atoms with van der Waals surface area (Å²) in [5, 5.41) is 2.79. The average Bonchev–Trinajstić information content (AvgIpc) is 4.02. The fourth-order valence-corrected chi connectivity index (χ4v) is 16.0. The van der Waals surface area contributed by atoms with E-state index in [1.165, 1.54) is 6.33 Å². The lowest BCUT2D eigenvalue weighted by Crippen LogP contribution is -2.48. The molecule has 2 fully saturated rings. The van der Waals surface area contributed by atoms with Gasteiger partial charge in [-0.3, -0.25) is 9.36 Å². The van der Waals surface area contributed by atoms with Crippen molar-refractivity contribution < 1.29 is 32.7 Å². The normalized spacial score (nSPS) is 21.9. The standard InChI is InChI=1S/C46H52N5O7PS2Si/c1-45(2,3)62(6,7)58-39-40(59(60)56-26-27-61-59)37(57-44(39)51-30-49-38-41(47-29-48-42(38)51)50-43(52)31-14-10-8-11-15-31)28-55-46(32-16-12-9-13-17-32,33-18-22-35(53-4)23-19-33)34-20-24-36(54-5)25-21-34/h8-25,29-30,37,39-40,44H,26-28H2,1-7H3,(H,47,48,50,52)/t37-,39-,40-,44-,59?/m1/s1. The van der Waals surface area contributed by atoms with Gasteiger partial charge in [-0.15, -0.1) is 0 Å². The molecule has 0 aliphatic carbocycles. The van der Waals surface area contributed by atoms with Gasteiger partial charge in [0.1, 0.15) is 35.0 Å². The SMILES string of the molecule is COc1ccc(C(OC[C@H]2O[C@@H](n3cnc4c(NC(=O)c5ccccc5)ncnc43)[C@H](O[Si](C)(C)C(C)(C)C)[C@@H]2P2(=S)OCCS2)(c2ccccc2)c2ccc(OC)cc2)cc1. The van der Waals surface area contributed by atoms with E-state index in [4.69, 9.17) is 49.7 Å². The number of aromatic nitrogens is 4. The number of ether oxygens (including phenoxy) is 4. The molecule has 4 aromatic carbocycles. The van der Waals surface area contributed by atoms with Crippen LogP contribution in [0.4, 0.5) is 5.82 Å². The topological polar surface area (TPSA) is 128 Å². The zero-order valence-electron chi connectivity index (χ0n) is 35.9. The number of rotatable bonds is 14. The Morgan fingerprint density at radius 2 is 1.47 bits per heavy atom. The zero-order valence-corrected chi connectivity index (χ0v) is 39.4. The van der Waals surface area contributed by atoms with E-state index in [0.29, 0.717) is 23.3 Å². The maximum absolute atomic E-state index is 13.3. The third-order valence-corrected chi connectivity index (χ3v) is 23.8. The Hall–Kier alpha value is -4.44. The molecule has 12 nitrogen and oxygen atoms in total. The van der Waals surface area contributed by atoms with Crippen LogP contribution in [-0.4, -0.2) is 84.8 Å². The summed E-state index contributed by atoms with van der Waals surface area (Å²) in [4.78, 5) is 27.2. The summed E-state index contributed by atoms with van der Waals surface area (Å²) in [7, 11) is 0.799. The lowest BCUT2D eigenvalue weighted by atomic mass is 9.80. The zero-order chi connectivity index (χ0) is 43.7. The largest absolute Gasteiger partial charge is 0.497 e. The Morgan fingerprint density at radius 1 is 0.871 bits per heavy atom. The Kier molecular flexibility index (Phi) is 12.8. The lowest BCUT2D eigenvalue weighted by Gasteiger charge is -2.42. The number of hydrogen-bond donors (Lipinski definition) is 1. The van der Waals surface area contributed by atoms with Gasteiger partial charge >= 0.3 is 0 Å². The smallest absolute Gasteiger partial charge is 0.256 e. The summed E-state index contributed by atoms with van der Waals surface area (Å²) >= 11 is 8.33. The highest BCUT2D eigenvalue weighted by molar-refractivity contribution is 8.70. The number of imidazole rings is 1. The van der Waals surface area contributed by atoms with Crippen molar-refractivity contribution in [1.82, 2.24) is 19.5 Å². The maximum Gasteiger partial charge on any atom is 0.256 e. The van der Waals surface area contributed by atoms with Crippen molar-refractivity contribution in [3.05, 3.63) is 144 Å². The molecular formula is C46H52N5O7PS2Si. The third-order valence-electron chi connectivity index (χ3n) is 12.1. The van der Waals surface area contributed by atoms with Crippen LogP contribution in [0.15, 0.2) is 122 Å². The Balaban J connectivity index is 1.25. The quantitative estimate of drug-likeness (QED) is 0.0635. The first-order valence-corrected chi connectivity index (χ1v) is 27.8. The minimum atomic E-state index is -2.66. The second kappa shape index (κ2) is 18.0. The van der Waals surface area contributed by atoms with Crippen molar-refractivity contribution in [2.24, 2.45) is 0 Å². The molecule has 6 aromatic rings. The number of nitrogens with one attached hydrogen (secondary N) is 1. The van der Waals surface area contributed by atoms with E-state index in [-0.39, 0.29) is 29.0 Å². The van der Waals surface area contributed by atoms with Gasteiger partial charge in [0.2, 0.25) is 0 Å². The second-order valence-corrected chi connectivity index (χ2v) is 28.9. The van der Waals surface area contributed by atoms with E-state index < -0.39 is 37.8 Å². The van der Waals surface area contributed by atoms with E-state index in [1.807, 2.05) is 89.5 Å². The first-order chi connectivity index (χ1) is 29.8. The Bertz CT molecular complexity index is 2490. The summed E-state index contributed by atoms with van der Waals surface area (Å²) in [6.45, 7) is 11.8. The molecule has 0 bridgehead atoms. The predicted molar refractivity (Wildman–Crippen MR) is 250 cm³/mol. The molecule has 0 saturated carbocycles. The van der Waals surface area contributed by atoms with Crippen LogP contribution in [0, 0.1) is 0 Å². The van der Waals surface area contributed by atoms with Crippen LogP contribution in [-0.2, 0) is 35.8 Å². The Labute approximate surface area is 373 Å². The number of carbonyl (C=O) groups excluding carboxylic acids is 1. The lowest BCUT2D eigenvalue weighted by molar-refractivity contribution is -0.0839. The number of benzene rings is 4. The van der Waals surface area contributed by atoms with Gasteiger partial charge in [0, 0.05) is 11.3 Å². The molecule has 324 valence electrons. The summed E-state index contributed by atoms with van der Waals surface area (Å²) in [6.07, 6.45) is 1.21. The Morgan fingerprint density at radius 3 is 2.03 bits per heavy atom. The number of carbonyl (C=O) groups is 1. The van der Waals surface area contributed by atoms with E-state index >= 15 is 0 Å². The van der Waals surface area contributed by atoms with Gasteiger partial charge in [0.25, 0.3) is 5.91 Å². The second-order valence-electron chi connectivity index (χ2n) is 16.8. The van der Waals surface area contributed by atoms with E-state index in [1.54, 1.807) is 44.1 Å². The molecule has 1 unspecified atom stereocenters. The maximum atomic E-state index is 13.3. The van der Waals surface area contributed by atoms with Gasteiger partial charge in [-0.25, -0.2) is 15.0 Å². The summed E-state index contributed by atoms with van der Waals surface area (Å²) in [6, 6.07) is 35.1. The highest BCUT2D eigenvalue weighted by Gasteiger charge is 2.58. The molecule has 2 aromatic heterocycles. The van der Waals surface area contributed by atoms with Gasteiger partial charge in [-0.2, -0.15) is 0 Å². The summed E-state index contributed by atoms with van der Waals surface area (Å²) in [5.41, 5.74) is -0.0621. The highest BCUT2D eigenvalue weighted by Crippen LogP contribution is 2.71. The minimum Gasteiger partial charge on any atom is -0.497 e. The van der Waals surface area contributed by atoms with Crippen molar-refractivity contribution in [2.75, 3.05) is 38.5 Å². The van der Waals surface area contributed by atoms with Crippen LogP contribution >= 0.6 is 16.8 Å². The molecular weight excluding hydrogens is 858 g/mol. The molecule has 2 aliphatic heterocycles. The van der Waals surface area contributed by atoms with Crippen LogP contribution in [0.3, 0.4) is 0 Å². The number of methoxy groups -OCH3 is 2. The van der Waals surface area contributed by atoms with Crippen LogP contribution < -0.4 is 14.8 Å². The monoisotopic (exact) mass is 909 g/mol. The van der Waals surface area contributed by atoms with Gasteiger partial charge in [-0.1, -0.05) is 117 Å². The predicted octanol–water partition coefficient (Wildman–Crippen LogP) is 9.83. The van der Waals surface area contributed by atoms with E-state index in [0.717, 1.165) is 33.9 Å². The fraction of sp³-hybridized carbons (Fsp3) is 0.348. The molecule has 0 spiro atoms. The molecule has 2 aliphatic rings. The van der Waals surface area contributed by atoms with Crippen LogP contribution in [0.1, 0.15) is 54.0 Å². The average molecular weight is 910 g/mol. The number of anilines is 1. The first-order valence-electron chi connectivity index (χ1n) is 20.5. The van der Waals surface area contributed by atoms with Crippen LogP contribution in [0.2, 0.25) is 18.1 Å². The number of nitrogens with zero attached hydrogens (tertiary/aromatic N) is 4. The molecule has 8 rings (SSSR count). The van der Waals surface area contributed by atoms with Gasteiger partial charge in [0.15, 0.2) is 31.5 Å². The summed E-state index contributed by atoms with van der Waals surface area (Å²) in [5.74, 6) is 2.21. The number of amides is 1. The highest BCUT2D eigenvalue weighted by atomic mass is 32.9. The third kappa shape index (κ3) is 8.49. The summed E-state index contributed by atoms with van der Waals surface area (Å²) < 4.78 is 42.1. The van der Waals surface area contributed by atoms with E-state index in [9.17, 15) is 4.79 Å². The van der Waals surface area contributed by atoms with Gasteiger partial charge in [0.05, 0.1) is 45.5 Å². The molecule has 0 radical (unpaired) electrons.